The highest BCUT2D eigenvalue weighted by Crippen LogP contribution is 2.33. The second-order valence-electron chi connectivity index (χ2n) is 4.44. The number of hydrogen-bond donors (Lipinski definition) is 1. The maximum absolute atomic E-state index is 12.3. The Balaban J connectivity index is 2.55. The van der Waals surface area contributed by atoms with Gasteiger partial charge in [0.25, 0.3) is 0 Å². The van der Waals surface area contributed by atoms with E-state index in [4.69, 9.17) is 11.0 Å². The molecule has 10 heteroatoms. The first-order valence-corrected chi connectivity index (χ1v) is 7.02. The molecule has 1 aromatic carbocycles. The monoisotopic (exact) mass is 403 g/mol. The average Bonchev–Trinajstić information content (AvgIpc) is 2.84. The molecule has 0 spiro atoms. The zero-order valence-corrected chi connectivity index (χ0v) is 13.6. The van der Waals surface area contributed by atoms with Gasteiger partial charge in [0, 0.05) is 11.9 Å². The lowest BCUT2D eigenvalue weighted by molar-refractivity contribution is -0.274. The SMILES string of the molecule is COC(=O)c1c(N)c(C#N)cn1-c1ccc(OC(F)(F)F)c(Br)c1. The zero-order chi connectivity index (χ0) is 18.1. The van der Waals surface area contributed by atoms with Crippen LogP contribution >= 0.6 is 15.9 Å². The predicted molar refractivity (Wildman–Crippen MR) is 80.6 cm³/mol. The number of esters is 1. The molecule has 0 saturated heterocycles. The van der Waals surface area contributed by atoms with E-state index in [0.717, 1.165) is 13.2 Å². The van der Waals surface area contributed by atoms with Crippen molar-refractivity contribution in [1.29, 1.82) is 5.26 Å². The lowest BCUT2D eigenvalue weighted by Crippen LogP contribution is -2.17. The van der Waals surface area contributed by atoms with Crippen molar-refractivity contribution in [3.05, 3.63) is 40.1 Å². The molecule has 24 heavy (non-hydrogen) atoms. The Morgan fingerprint density at radius 2 is 2.08 bits per heavy atom. The number of nitrogens with two attached hydrogens (primary N) is 1. The van der Waals surface area contributed by atoms with Gasteiger partial charge in [-0.25, -0.2) is 4.79 Å². The van der Waals surface area contributed by atoms with Crippen LogP contribution in [0.2, 0.25) is 0 Å². The number of ether oxygens (including phenoxy) is 2. The Labute approximate surface area is 142 Å². The molecule has 0 fully saturated rings. The Morgan fingerprint density at radius 3 is 2.58 bits per heavy atom. The van der Waals surface area contributed by atoms with Crippen LogP contribution in [-0.4, -0.2) is 24.0 Å². The number of anilines is 1. The summed E-state index contributed by atoms with van der Waals surface area (Å²) < 4.78 is 46.6. The third-order valence-electron chi connectivity index (χ3n) is 2.96. The van der Waals surface area contributed by atoms with E-state index in [1.807, 2.05) is 6.07 Å². The van der Waals surface area contributed by atoms with E-state index in [2.05, 4.69) is 25.4 Å². The lowest BCUT2D eigenvalue weighted by atomic mass is 10.2. The minimum absolute atomic E-state index is 0.00100. The minimum atomic E-state index is -4.84. The summed E-state index contributed by atoms with van der Waals surface area (Å²) in [4.78, 5) is 11.9. The smallest absolute Gasteiger partial charge is 0.464 e. The molecule has 2 aromatic rings. The van der Waals surface area contributed by atoms with Gasteiger partial charge in [0.2, 0.25) is 0 Å². The van der Waals surface area contributed by atoms with E-state index in [-0.39, 0.29) is 27.1 Å². The van der Waals surface area contributed by atoms with Crippen LogP contribution in [0.4, 0.5) is 18.9 Å². The van der Waals surface area contributed by atoms with Crippen molar-refractivity contribution in [2.75, 3.05) is 12.8 Å². The molecule has 1 heterocycles. The van der Waals surface area contributed by atoms with Gasteiger partial charge in [-0.2, -0.15) is 5.26 Å². The largest absolute Gasteiger partial charge is 0.573 e. The van der Waals surface area contributed by atoms with Crippen LogP contribution in [0, 0.1) is 11.3 Å². The van der Waals surface area contributed by atoms with Crippen molar-refractivity contribution in [2.24, 2.45) is 0 Å². The van der Waals surface area contributed by atoms with Gasteiger partial charge in [0.05, 0.1) is 22.8 Å². The normalized spacial score (nSPS) is 11.0. The van der Waals surface area contributed by atoms with E-state index in [1.165, 1.54) is 22.9 Å². The second kappa shape index (κ2) is 6.45. The van der Waals surface area contributed by atoms with Gasteiger partial charge in [-0.05, 0) is 34.1 Å². The van der Waals surface area contributed by atoms with E-state index in [9.17, 15) is 18.0 Å². The Kier molecular flexibility index (Phi) is 4.75. The van der Waals surface area contributed by atoms with Crippen LogP contribution in [0.5, 0.6) is 5.75 Å². The van der Waals surface area contributed by atoms with E-state index >= 15 is 0 Å². The first-order valence-electron chi connectivity index (χ1n) is 6.23. The number of methoxy groups -OCH3 is 1. The molecule has 0 aliphatic carbocycles. The van der Waals surface area contributed by atoms with Crippen LogP contribution in [-0.2, 0) is 4.74 Å². The molecular weight excluding hydrogens is 395 g/mol. The number of carbonyl (C=O) groups is 1. The van der Waals surface area contributed by atoms with Crippen molar-refractivity contribution in [3.8, 4) is 17.5 Å². The molecule has 2 rings (SSSR count). The Morgan fingerprint density at radius 1 is 1.42 bits per heavy atom. The molecule has 0 aliphatic heterocycles. The first-order chi connectivity index (χ1) is 11.2. The third-order valence-corrected chi connectivity index (χ3v) is 3.58. The molecular formula is C14H9BrF3N3O3. The molecule has 2 N–H and O–H groups in total. The third kappa shape index (κ3) is 3.46. The molecule has 0 atom stereocenters. The van der Waals surface area contributed by atoms with Crippen LogP contribution in [0.25, 0.3) is 5.69 Å². The second-order valence-corrected chi connectivity index (χ2v) is 5.30. The van der Waals surface area contributed by atoms with Crippen LogP contribution in [0.1, 0.15) is 16.1 Å². The van der Waals surface area contributed by atoms with E-state index < -0.39 is 18.1 Å². The molecule has 126 valence electrons. The maximum Gasteiger partial charge on any atom is 0.573 e. The number of nitriles is 1. The fourth-order valence-corrected chi connectivity index (χ4v) is 2.41. The predicted octanol–water partition coefficient (Wildman–Crippen LogP) is 3.38. The number of rotatable bonds is 3. The number of nitrogens with zero attached hydrogens (tertiary/aromatic N) is 2. The summed E-state index contributed by atoms with van der Waals surface area (Å²) in [5.41, 5.74) is 5.87. The fourth-order valence-electron chi connectivity index (χ4n) is 1.97. The highest BCUT2D eigenvalue weighted by atomic mass is 79.9. The van der Waals surface area contributed by atoms with Crippen molar-refractivity contribution >= 4 is 27.6 Å². The number of halogens is 4. The average molecular weight is 404 g/mol. The number of hydrogen-bond acceptors (Lipinski definition) is 5. The Bertz CT molecular complexity index is 840. The molecule has 0 aliphatic rings. The van der Waals surface area contributed by atoms with Gasteiger partial charge in [-0.15, -0.1) is 13.2 Å². The van der Waals surface area contributed by atoms with Crippen molar-refractivity contribution in [2.45, 2.75) is 6.36 Å². The minimum Gasteiger partial charge on any atom is -0.464 e. The standard InChI is InChI=1S/C14H9BrF3N3O3/c1-23-13(22)12-11(20)7(5-19)6-21(12)8-2-3-10(9(15)4-8)24-14(16,17)18/h2-4,6H,20H2,1H3. The maximum atomic E-state index is 12.3. The highest BCUT2D eigenvalue weighted by molar-refractivity contribution is 9.10. The topological polar surface area (TPSA) is 90.3 Å². The molecule has 0 radical (unpaired) electrons. The molecule has 0 saturated carbocycles. The molecule has 0 amide bonds. The molecule has 1 aromatic heterocycles. The van der Waals surface area contributed by atoms with Crippen LogP contribution in [0.3, 0.4) is 0 Å². The number of nitrogen functional groups attached to an aromatic ring is 1. The van der Waals surface area contributed by atoms with E-state index in [0.29, 0.717) is 0 Å². The van der Waals surface area contributed by atoms with Gasteiger partial charge < -0.3 is 19.8 Å². The fraction of sp³-hybridized carbons (Fsp3) is 0.143. The van der Waals surface area contributed by atoms with Crippen molar-refractivity contribution in [1.82, 2.24) is 4.57 Å². The van der Waals surface area contributed by atoms with Gasteiger partial charge >= 0.3 is 12.3 Å². The number of alkyl halides is 3. The van der Waals surface area contributed by atoms with Crippen molar-refractivity contribution in [3.63, 3.8) is 0 Å². The zero-order valence-electron chi connectivity index (χ0n) is 12.0. The number of benzene rings is 1. The summed E-state index contributed by atoms with van der Waals surface area (Å²) in [5, 5.41) is 9.03. The summed E-state index contributed by atoms with van der Waals surface area (Å²) >= 11 is 2.97. The summed E-state index contributed by atoms with van der Waals surface area (Å²) in [5.74, 6) is -1.24. The molecule has 6 nitrogen and oxygen atoms in total. The summed E-state index contributed by atoms with van der Waals surface area (Å²) in [6.07, 6.45) is -3.55. The van der Waals surface area contributed by atoms with Crippen molar-refractivity contribution < 1.29 is 27.4 Å². The molecule has 0 unspecified atom stereocenters. The van der Waals surface area contributed by atoms with Gasteiger partial charge in [0.1, 0.15) is 11.8 Å². The number of carbonyl (C=O) groups excluding carboxylic acids is 1. The summed E-state index contributed by atoms with van der Waals surface area (Å²) in [6.45, 7) is 0. The van der Waals surface area contributed by atoms with Gasteiger partial charge in [-0.1, -0.05) is 0 Å². The van der Waals surface area contributed by atoms with Gasteiger partial charge in [-0.3, -0.25) is 0 Å². The first kappa shape index (κ1) is 17.7. The van der Waals surface area contributed by atoms with Crippen LogP contribution in [0.15, 0.2) is 28.9 Å². The van der Waals surface area contributed by atoms with Crippen LogP contribution < -0.4 is 10.5 Å². The highest BCUT2D eigenvalue weighted by Gasteiger charge is 2.32. The molecule has 0 bridgehead atoms. The van der Waals surface area contributed by atoms with E-state index in [1.54, 1.807) is 0 Å². The Hall–Kier alpha value is -2.67. The lowest BCUT2D eigenvalue weighted by Gasteiger charge is -2.13. The number of aromatic nitrogens is 1. The van der Waals surface area contributed by atoms with Gasteiger partial charge in [0.15, 0.2) is 5.69 Å². The summed E-state index contributed by atoms with van der Waals surface area (Å²) in [7, 11) is 1.14. The summed E-state index contributed by atoms with van der Waals surface area (Å²) in [6, 6.07) is 5.45. The quantitative estimate of drug-likeness (QED) is 0.793.